The maximum Gasteiger partial charge on any atom is 0.119 e. The Kier molecular flexibility index (Phi) is 6.93. The second-order valence-electron chi connectivity index (χ2n) is 3.91. The lowest BCUT2D eigenvalue weighted by atomic mass is 10.2. The van der Waals surface area contributed by atoms with E-state index in [4.69, 9.17) is 10.5 Å². The van der Waals surface area contributed by atoms with Crippen LogP contribution in [0.25, 0.3) is 0 Å². The van der Waals surface area contributed by atoms with Gasteiger partial charge in [0.05, 0.1) is 6.61 Å². The maximum atomic E-state index is 5.60. The van der Waals surface area contributed by atoms with E-state index in [0.717, 1.165) is 24.2 Å². The number of rotatable bonds is 6. The first-order valence-electron chi connectivity index (χ1n) is 6.24. The molecule has 0 fully saturated rings. The Hall–Kier alpha value is -1.46. The topological polar surface area (TPSA) is 35.2 Å². The molecule has 0 bridgehead atoms. The number of nitrogens with two attached hydrogens (primary N) is 1. The lowest BCUT2D eigenvalue weighted by Gasteiger charge is -2.05. The Morgan fingerprint density at radius 2 is 2.06 bits per heavy atom. The van der Waals surface area contributed by atoms with Gasteiger partial charge >= 0.3 is 0 Å². The second kappa shape index (κ2) is 8.66. The van der Waals surface area contributed by atoms with E-state index in [1.807, 2.05) is 24.3 Å². The zero-order valence-electron chi connectivity index (χ0n) is 10.5. The lowest BCUT2D eigenvalue weighted by molar-refractivity contribution is 0.327. The Labute approximate surface area is 104 Å². The third kappa shape index (κ3) is 5.99. The van der Waals surface area contributed by atoms with Crippen molar-refractivity contribution in [3.05, 3.63) is 29.8 Å². The quantitative estimate of drug-likeness (QED) is 0.603. The van der Waals surface area contributed by atoms with Crippen LogP contribution in [0.2, 0.25) is 0 Å². The van der Waals surface area contributed by atoms with E-state index >= 15 is 0 Å². The Morgan fingerprint density at radius 3 is 2.82 bits per heavy atom. The molecular formula is C15H21NO. The highest BCUT2D eigenvalue weighted by molar-refractivity contribution is 5.28. The first-order chi connectivity index (χ1) is 8.36. The van der Waals surface area contributed by atoms with Crippen molar-refractivity contribution < 1.29 is 4.74 Å². The molecule has 0 saturated heterocycles. The van der Waals surface area contributed by atoms with E-state index in [1.165, 1.54) is 12.8 Å². The molecule has 0 aliphatic heterocycles. The fourth-order valence-electron chi connectivity index (χ4n) is 1.42. The van der Waals surface area contributed by atoms with E-state index in [1.54, 1.807) is 0 Å². The van der Waals surface area contributed by atoms with E-state index < -0.39 is 0 Å². The zero-order chi connectivity index (χ0) is 12.3. The molecule has 1 aromatic carbocycles. The predicted octanol–water partition coefficient (Wildman–Crippen LogP) is 3.11. The van der Waals surface area contributed by atoms with Gasteiger partial charge in [-0.2, -0.15) is 0 Å². The van der Waals surface area contributed by atoms with Gasteiger partial charge in [0.1, 0.15) is 5.75 Å². The first kappa shape index (κ1) is 13.6. The van der Waals surface area contributed by atoms with Crippen LogP contribution in [0.1, 0.15) is 38.2 Å². The minimum atomic E-state index is 0.550. The van der Waals surface area contributed by atoms with Gasteiger partial charge in [0.2, 0.25) is 0 Å². The van der Waals surface area contributed by atoms with Crippen LogP contribution in [-0.2, 0) is 6.54 Å². The molecule has 2 nitrogen and oxygen atoms in total. The number of benzene rings is 1. The van der Waals surface area contributed by atoms with Crippen molar-refractivity contribution >= 4 is 0 Å². The van der Waals surface area contributed by atoms with Crippen LogP contribution in [0, 0.1) is 11.8 Å². The summed E-state index contributed by atoms with van der Waals surface area (Å²) in [6, 6.07) is 7.88. The Bertz CT molecular complexity index is 376. The average molecular weight is 231 g/mol. The fraction of sp³-hybridized carbons (Fsp3) is 0.467. The van der Waals surface area contributed by atoms with Gasteiger partial charge in [0, 0.05) is 19.4 Å². The summed E-state index contributed by atoms with van der Waals surface area (Å²) in [5, 5.41) is 0. The van der Waals surface area contributed by atoms with Gasteiger partial charge < -0.3 is 10.5 Å². The summed E-state index contributed by atoms with van der Waals surface area (Å²) in [7, 11) is 0. The van der Waals surface area contributed by atoms with Crippen molar-refractivity contribution in [3.8, 4) is 17.6 Å². The van der Waals surface area contributed by atoms with Gasteiger partial charge in [-0.1, -0.05) is 31.4 Å². The molecule has 2 N–H and O–H groups in total. The van der Waals surface area contributed by atoms with Crippen LogP contribution >= 0.6 is 0 Å². The number of ether oxygens (including phenoxy) is 1. The van der Waals surface area contributed by atoms with E-state index in [-0.39, 0.29) is 0 Å². The summed E-state index contributed by atoms with van der Waals surface area (Å²) >= 11 is 0. The first-order valence-corrected chi connectivity index (χ1v) is 6.24. The monoisotopic (exact) mass is 231 g/mol. The summed E-state index contributed by atoms with van der Waals surface area (Å²) in [5.41, 5.74) is 6.66. The molecule has 1 aromatic rings. The number of hydrogen-bond acceptors (Lipinski definition) is 2. The smallest absolute Gasteiger partial charge is 0.119 e. The molecule has 0 heterocycles. The lowest BCUT2D eigenvalue weighted by Crippen LogP contribution is -1.99. The molecule has 1 rings (SSSR count). The van der Waals surface area contributed by atoms with Crippen molar-refractivity contribution in [1.82, 2.24) is 0 Å². The third-order valence-electron chi connectivity index (χ3n) is 2.41. The van der Waals surface area contributed by atoms with Crippen molar-refractivity contribution in [2.45, 2.75) is 39.2 Å². The number of unbranched alkanes of at least 4 members (excludes halogenated alkanes) is 2. The van der Waals surface area contributed by atoms with Gasteiger partial charge in [-0.3, -0.25) is 0 Å². The fourth-order valence-corrected chi connectivity index (χ4v) is 1.42. The standard InChI is InChI=1S/C15H21NO/c1-2-3-4-5-6-7-11-17-15-10-8-9-14(12-15)13-16/h8-10,12H,2-4,7,11,13,16H2,1H3. The maximum absolute atomic E-state index is 5.60. The summed E-state index contributed by atoms with van der Waals surface area (Å²) in [4.78, 5) is 0. The summed E-state index contributed by atoms with van der Waals surface area (Å²) in [6.45, 7) is 3.37. The molecule has 0 aliphatic rings. The molecule has 0 saturated carbocycles. The highest BCUT2D eigenvalue weighted by atomic mass is 16.5. The van der Waals surface area contributed by atoms with Crippen LogP contribution in [0.4, 0.5) is 0 Å². The predicted molar refractivity (Wildman–Crippen MR) is 71.7 cm³/mol. The molecular weight excluding hydrogens is 210 g/mol. The Balaban J connectivity index is 2.23. The van der Waals surface area contributed by atoms with Gasteiger partial charge in [0.25, 0.3) is 0 Å². The number of hydrogen-bond donors (Lipinski definition) is 1. The molecule has 0 radical (unpaired) electrons. The summed E-state index contributed by atoms with van der Waals surface area (Å²) < 4.78 is 5.60. The Morgan fingerprint density at radius 1 is 1.24 bits per heavy atom. The molecule has 0 aromatic heterocycles. The molecule has 17 heavy (non-hydrogen) atoms. The van der Waals surface area contributed by atoms with Gasteiger partial charge in [-0.15, -0.1) is 5.92 Å². The largest absolute Gasteiger partial charge is 0.493 e. The van der Waals surface area contributed by atoms with Crippen molar-refractivity contribution in [3.63, 3.8) is 0 Å². The molecule has 92 valence electrons. The average Bonchev–Trinajstić information content (AvgIpc) is 2.38. The van der Waals surface area contributed by atoms with Crippen LogP contribution < -0.4 is 10.5 Å². The molecule has 0 atom stereocenters. The molecule has 0 aliphatic carbocycles. The highest BCUT2D eigenvalue weighted by Gasteiger charge is 1.94. The second-order valence-corrected chi connectivity index (χ2v) is 3.91. The summed E-state index contributed by atoms with van der Waals surface area (Å²) in [5.74, 6) is 7.14. The van der Waals surface area contributed by atoms with E-state index in [0.29, 0.717) is 13.2 Å². The SMILES string of the molecule is CCCCC#CCCOc1cccc(CN)c1. The van der Waals surface area contributed by atoms with Crippen LogP contribution in [0.3, 0.4) is 0 Å². The summed E-state index contributed by atoms with van der Waals surface area (Å²) in [6.07, 6.45) is 4.18. The van der Waals surface area contributed by atoms with Crippen molar-refractivity contribution in [1.29, 1.82) is 0 Å². The third-order valence-corrected chi connectivity index (χ3v) is 2.41. The van der Waals surface area contributed by atoms with E-state index in [9.17, 15) is 0 Å². The van der Waals surface area contributed by atoms with Crippen molar-refractivity contribution in [2.75, 3.05) is 6.61 Å². The molecule has 0 amide bonds. The minimum absolute atomic E-state index is 0.550. The molecule has 2 heteroatoms. The van der Waals surface area contributed by atoms with Gasteiger partial charge in [0.15, 0.2) is 0 Å². The van der Waals surface area contributed by atoms with Gasteiger partial charge in [-0.05, 0) is 24.1 Å². The van der Waals surface area contributed by atoms with E-state index in [2.05, 4.69) is 18.8 Å². The van der Waals surface area contributed by atoms with Crippen LogP contribution in [0.5, 0.6) is 5.75 Å². The molecule has 0 spiro atoms. The van der Waals surface area contributed by atoms with Gasteiger partial charge in [-0.25, -0.2) is 0 Å². The highest BCUT2D eigenvalue weighted by Crippen LogP contribution is 2.12. The van der Waals surface area contributed by atoms with Crippen LogP contribution in [0.15, 0.2) is 24.3 Å². The van der Waals surface area contributed by atoms with Crippen molar-refractivity contribution in [2.24, 2.45) is 5.73 Å². The van der Waals surface area contributed by atoms with Crippen LogP contribution in [-0.4, -0.2) is 6.61 Å². The zero-order valence-corrected chi connectivity index (χ0v) is 10.5. The minimum Gasteiger partial charge on any atom is -0.493 e. The normalized spacial score (nSPS) is 9.53. The molecule has 0 unspecified atom stereocenters.